The van der Waals surface area contributed by atoms with E-state index in [9.17, 15) is 0 Å². The Labute approximate surface area is 129 Å². The number of benzene rings is 3. The maximum absolute atomic E-state index is 3.84. The van der Waals surface area contributed by atoms with E-state index >= 15 is 0 Å². The van der Waals surface area contributed by atoms with E-state index in [0.717, 1.165) is 6.04 Å². The summed E-state index contributed by atoms with van der Waals surface area (Å²) < 4.78 is 0. The molecule has 0 N–H and O–H groups in total. The van der Waals surface area contributed by atoms with Gasteiger partial charge in [0, 0.05) is 15.7 Å². The van der Waals surface area contributed by atoms with E-state index in [4.69, 9.17) is 0 Å². The minimum atomic E-state index is -0.166. The zero-order valence-corrected chi connectivity index (χ0v) is 12.9. The molecule has 0 aliphatic rings. The third-order valence-corrected chi connectivity index (χ3v) is 4.60. The summed E-state index contributed by atoms with van der Waals surface area (Å²) in [6.07, 6.45) is 0. The molecule has 0 unspecified atom stereocenters. The van der Waals surface area contributed by atoms with Crippen LogP contribution >= 0.6 is 0 Å². The summed E-state index contributed by atoms with van der Waals surface area (Å²) in [5.41, 5.74) is 3.74. The van der Waals surface area contributed by atoms with Gasteiger partial charge in [-0.25, -0.2) is 0 Å². The number of hydrogen-bond acceptors (Lipinski definition) is 0. The molecule has 0 fully saturated rings. The van der Waals surface area contributed by atoms with Crippen LogP contribution in [0, 0.1) is 0 Å². The number of rotatable bonds is 4. The van der Waals surface area contributed by atoms with E-state index in [0.29, 0.717) is 0 Å². The molecule has 0 bridgehead atoms. The summed E-state index contributed by atoms with van der Waals surface area (Å²) in [7, 11) is 3.84. The van der Waals surface area contributed by atoms with Crippen LogP contribution in [-0.2, 0) is 5.41 Å². The lowest BCUT2D eigenvalue weighted by molar-refractivity contribution is 0.691. The molecule has 0 aliphatic carbocycles. The van der Waals surface area contributed by atoms with E-state index in [2.05, 4.69) is 101 Å². The second-order valence-corrected chi connectivity index (χ2v) is 5.53. The van der Waals surface area contributed by atoms with Crippen LogP contribution in [0.3, 0.4) is 0 Å². The third kappa shape index (κ3) is 2.45. The highest BCUT2D eigenvalue weighted by Crippen LogP contribution is 2.41. The first-order valence-corrected chi connectivity index (χ1v) is 7.90. The summed E-state index contributed by atoms with van der Waals surface area (Å²) in [4.78, 5) is 0. The van der Waals surface area contributed by atoms with E-state index in [1.807, 2.05) is 0 Å². The molecule has 101 valence electrons. The first-order valence-electron chi connectivity index (χ1n) is 7.19. The first kappa shape index (κ1) is 13.8. The molecule has 0 saturated heterocycles. The van der Waals surface area contributed by atoms with Gasteiger partial charge in [0.1, 0.15) is 0 Å². The normalized spacial score (nSPS) is 11.3. The van der Waals surface area contributed by atoms with Gasteiger partial charge in [-0.3, -0.25) is 0 Å². The zero-order valence-electron chi connectivity index (χ0n) is 11.9. The minimum absolute atomic E-state index is 0.166. The lowest BCUT2D eigenvalue weighted by Crippen LogP contribution is -2.28. The molecule has 0 amide bonds. The van der Waals surface area contributed by atoms with Gasteiger partial charge in [0.25, 0.3) is 0 Å². The predicted octanol–water partition coefficient (Wildman–Crippen LogP) is 4.61. The summed E-state index contributed by atoms with van der Waals surface area (Å²) >= 11 is 0. The van der Waals surface area contributed by atoms with Gasteiger partial charge < -0.3 is 0 Å². The Kier molecular flexibility index (Phi) is 4.02. The van der Waals surface area contributed by atoms with Gasteiger partial charge in [-0.1, -0.05) is 91.0 Å². The largest absolute Gasteiger partial charge is 0.0622 e. The zero-order chi connectivity index (χ0) is 14.5. The summed E-state index contributed by atoms with van der Waals surface area (Å²) in [5, 5.41) is 0. The molecule has 0 aromatic heterocycles. The summed E-state index contributed by atoms with van der Waals surface area (Å²) in [6, 6.07) is 32.9. The van der Waals surface area contributed by atoms with Crippen molar-refractivity contribution >= 4 is 10.2 Å². The van der Waals surface area contributed by atoms with Crippen LogP contribution in [0.15, 0.2) is 91.0 Å². The van der Waals surface area contributed by atoms with Crippen molar-refractivity contribution in [2.24, 2.45) is 0 Å². The molecular formula is C20H17Si. The van der Waals surface area contributed by atoms with Crippen molar-refractivity contribution < 1.29 is 0 Å². The molecule has 0 saturated carbocycles. The highest BCUT2D eigenvalue weighted by molar-refractivity contribution is 6.10. The second kappa shape index (κ2) is 6.11. The van der Waals surface area contributed by atoms with Gasteiger partial charge in [-0.2, -0.15) is 0 Å². The summed E-state index contributed by atoms with van der Waals surface area (Å²) in [5.74, 6) is 0. The molecule has 21 heavy (non-hydrogen) atoms. The van der Waals surface area contributed by atoms with Crippen LogP contribution < -0.4 is 0 Å². The maximum atomic E-state index is 3.84. The van der Waals surface area contributed by atoms with E-state index in [1.165, 1.54) is 16.7 Å². The fourth-order valence-corrected chi connectivity index (χ4v) is 3.59. The van der Waals surface area contributed by atoms with Crippen LogP contribution in [0.1, 0.15) is 16.7 Å². The standard InChI is InChI=1S/C20H17Si/c21-16-20(17-10-4-1-5-11-17,18-12-6-2-7-13-18)19-14-8-3-9-15-19/h1-15H,16H2. The molecule has 0 aliphatic heterocycles. The van der Waals surface area contributed by atoms with Gasteiger partial charge in [0.15, 0.2) is 0 Å². The Morgan fingerprint density at radius 3 is 1.05 bits per heavy atom. The van der Waals surface area contributed by atoms with Gasteiger partial charge in [-0.05, 0) is 22.7 Å². The lowest BCUT2D eigenvalue weighted by Gasteiger charge is -2.35. The van der Waals surface area contributed by atoms with Crippen molar-refractivity contribution in [3.05, 3.63) is 108 Å². The van der Waals surface area contributed by atoms with Crippen LogP contribution in [0.25, 0.3) is 0 Å². The molecule has 0 atom stereocenters. The van der Waals surface area contributed by atoms with Crippen molar-refractivity contribution in [2.45, 2.75) is 11.5 Å². The van der Waals surface area contributed by atoms with Crippen LogP contribution in [0.5, 0.6) is 0 Å². The Balaban J connectivity index is 2.29. The van der Waals surface area contributed by atoms with Gasteiger partial charge in [-0.15, -0.1) is 0 Å². The molecule has 3 radical (unpaired) electrons. The Bertz CT molecular complexity index is 578. The Hall–Kier alpha value is -2.12. The Morgan fingerprint density at radius 1 is 0.524 bits per heavy atom. The maximum Gasteiger partial charge on any atom is 0.0421 e. The molecule has 0 nitrogen and oxygen atoms in total. The molecule has 0 heterocycles. The Morgan fingerprint density at radius 2 is 0.810 bits per heavy atom. The highest BCUT2D eigenvalue weighted by atomic mass is 28.1. The molecule has 3 aromatic rings. The monoisotopic (exact) mass is 285 g/mol. The van der Waals surface area contributed by atoms with Crippen molar-refractivity contribution in [2.75, 3.05) is 0 Å². The van der Waals surface area contributed by atoms with Crippen LogP contribution in [-0.4, -0.2) is 10.2 Å². The third-order valence-electron chi connectivity index (χ3n) is 4.06. The minimum Gasteiger partial charge on any atom is -0.0622 e. The van der Waals surface area contributed by atoms with E-state index in [-0.39, 0.29) is 5.41 Å². The molecule has 3 aromatic carbocycles. The molecule has 0 spiro atoms. The average molecular weight is 285 g/mol. The predicted molar refractivity (Wildman–Crippen MR) is 89.8 cm³/mol. The highest BCUT2D eigenvalue weighted by Gasteiger charge is 2.33. The van der Waals surface area contributed by atoms with Gasteiger partial charge >= 0.3 is 0 Å². The molecule has 1 heteroatoms. The average Bonchev–Trinajstić information content (AvgIpc) is 2.59. The van der Waals surface area contributed by atoms with Gasteiger partial charge in [0.05, 0.1) is 0 Å². The fraction of sp³-hybridized carbons (Fsp3) is 0.100. The lowest BCUT2D eigenvalue weighted by atomic mass is 9.71. The van der Waals surface area contributed by atoms with Crippen molar-refractivity contribution in [1.82, 2.24) is 0 Å². The van der Waals surface area contributed by atoms with Gasteiger partial charge in [0.2, 0.25) is 0 Å². The fourth-order valence-electron chi connectivity index (χ4n) is 2.97. The van der Waals surface area contributed by atoms with Crippen molar-refractivity contribution in [1.29, 1.82) is 0 Å². The molecule has 3 rings (SSSR count). The molecular weight excluding hydrogens is 268 g/mol. The number of hydrogen-bond donors (Lipinski definition) is 0. The van der Waals surface area contributed by atoms with Crippen LogP contribution in [0.4, 0.5) is 0 Å². The second-order valence-electron chi connectivity index (χ2n) is 5.18. The van der Waals surface area contributed by atoms with Crippen molar-refractivity contribution in [3.63, 3.8) is 0 Å². The first-order chi connectivity index (χ1) is 10.4. The van der Waals surface area contributed by atoms with E-state index < -0.39 is 0 Å². The van der Waals surface area contributed by atoms with Crippen LogP contribution in [0.2, 0.25) is 6.04 Å². The van der Waals surface area contributed by atoms with E-state index in [1.54, 1.807) is 0 Å². The van der Waals surface area contributed by atoms with Crippen molar-refractivity contribution in [3.8, 4) is 0 Å². The SMILES string of the molecule is [Si]CC(c1ccccc1)(c1ccccc1)c1ccccc1. The summed E-state index contributed by atoms with van der Waals surface area (Å²) in [6.45, 7) is 0. The smallest absolute Gasteiger partial charge is 0.0421 e. The topological polar surface area (TPSA) is 0 Å². The quantitative estimate of drug-likeness (QED) is 0.485.